The fourth-order valence-corrected chi connectivity index (χ4v) is 4.06. The Morgan fingerprint density at radius 2 is 1.93 bits per heavy atom. The summed E-state index contributed by atoms with van der Waals surface area (Å²) in [6.45, 7) is 11.5. The van der Waals surface area contributed by atoms with Gasteiger partial charge in [-0.2, -0.15) is 0 Å². The number of hydrogen-bond donors (Lipinski definition) is 3. The molecule has 0 saturated heterocycles. The number of ether oxygens (including phenoxy) is 3. The Hall–Kier alpha value is -2.62. The molecule has 2 saturated carbocycles. The number of alkyl carbamates (subject to hydrolysis) is 1. The smallest absolute Gasteiger partial charge is 0.408 e. The van der Waals surface area contributed by atoms with Crippen LogP contribution in [0.2, 0.25) is 0 Å². The second-order valence-electron chi connectivity index (χ2n) is 8.55. The van der Waals surface area contributed by atoms with Crippen molar-refractivity contribution in [3.05, 3.63) is 12.8 Å². The molecular weight excluding hydrogens is 396 g/mol. The average molecular weight is 426 g/mol. The minimum absolute atomic E-state index is 0.0530. The van der Waals surface area contributed by atoms with Crippen molar-refractivity contribution in [2.24, 2.45) is 17.8 Å². The molecule has 2 aliphatic rings. The van der Waals surface area contributed by atoms with Gasteiger partial charge < -0.3 is 30.0 Å². The van der Waals surface area contributed by atoms with E-state index in [2.05, 4.69) is 17.2 Å². The number of carbonyl (C=O) groups excluding carboxylic acids is 4. The van der Waals surface area contributed by atoms with E-state index in [9.17, 15) is 24.3 Å². The van der Waals surface area contributed by atoms with Gasteiger partial charge in [0.05, 0.1) is 24.9 Å². The third-order valence-corrected chi connectivity index (χ3v) is 5.20. The minimum atomic E-state index is -1.61. The second-order valence-corrected chi connectivity index (χ2v) is 8.55. The zero-order chi connectivity index (χ0) is 22.9. The van der Waals surface area contributed by atoms with E-state index in [1.165, 1.54) is 6.92 Å². The summed E-state index contributed by atoms with van der Waals surface area (Å²) in [7, 11) is 0. The summed E-state index contributed by atoms with van der Waals surface area (Å²) in [5.74, 6) is -4.06. The van der Waals surface area contributed by atoms with Crippen molar-refractivity contribution in [1.29, 1.82) is 0 Å². The third-order valence-electron chi connectivity index (χ3n) is 5.20. The van der Waals surface area contributed by atoms with Crippen molar-refractivity contribution < 1.29 is 38.5 Å². The number of fused-ring (bicyclic) bond motifs is 1. The number of amides is 2. The van der Waals surface area contributed by atoms with Gasteiger partial charge in [-0.05, 0) is 34.6 Å². The molecule has 0 aromatic rings. The zero-order valence-corrected chi connectivity index (χ0v) is 17.9. The lowest BCUT2D eigenvalue weighted by molar-refractivity contribution is -0.156. The molecular formula is C20H30N2O8. The maximum atomic E-state index is 12.8. The van der Waals surface area contributed by atoms with Crippen molar-refractivity contribution in [3.8, 4) is 0 Å². The predicted molar refractivity (Wildman–Crippen MR) is 104 cm³/mol. The molecule has 2 amide bonds. The quantitative estimate of drug-likeness (QED) is 0.306. The van der Waals surface area contributed by atoms with Crippen LogP contribution < -0.4 is 10.6 Å². The Morgan fingerprint density at radius 3 is 2.47 bits per heavy atom. The summed E-state index contributed by atoms with van der Waals surface area (Å²) in [5.41, 5.74) is -2.35. The molecule has 0 bridgehead atoms. The SMILES string of the molecule is C=COC(=O)[C@H]1[C@H]2[C@@H]1C(NC(=O)[C@H](C)NC(=O)OC(C)(C)C)(C(=O)OCC)C[C@@H]2O. The van der Waals surface area contributed by atoms with E-state index in [4.69, 9.17) is 14.2 Å². The monoisotopic (exact) mass is 426 g/mol. The number of nitrogens with one attached hydrogen (secondary N) is 2. The third kappa shape index (κ3) is 4.75. The van der Waals surface area contributed by atoms with Gasteiger partial charge in [-0.3, -0.25) is 9.59 Å². The summed E-state index contributed by atoms with van der Waals surface area (Å²) in [6, 6.07) is -1.04. The fraction of sp³-hybridized carbons (Fsp3) is 0.700. The maximum absolute atomic E-state index is 12.8. The lowest BCUT2D eigenvalue weighted by Crippen LogP contribution is -2.61. The van der Waals surface area contributed by atoms with Gasteiger partial charge in [0.1, 0.15) is 17.2 Å². The molecule has 0 heterocycles. The van der Waals surface area contributed by atoms with Crippen molar-refractivity contribution >= 4 is 23.9 Å². The van der Waals surface area contributed by atoms with Crippen LogP contribution in [0.15, 0.2) is 12.8 Å². The van der Waals surface area contributed by atoms with Gasteiger partial charge in [0.2, 0.25) is 5.91 Å². The number of aliphatic hydroxyl groups is 1. The van der Waals surface area contributed by atoms with Crippen LogP contribution in [0.3, 0.4) is 0 Å². The highest BCUT2D eigenvalue weighted by Crippen LogP contribution is 2.63. The first kappa shape index (κ1) is 23.7. The molecule has 2 aliphatic carbocycles. The van der Waals surface area contributed by atoms with Crippen LogP contribution in [0.5, 0.6) is 0 Å². The summed E-state index contributed by atoms with van der Waals surface area (Å²) >= 11 is 0. The van der Waals surface area contributed by atoms with Gasteiger partial charge in [-0.25, -0.2) is 9.59 Å². The molecule has 0 aromatic heterocycles. The van der Waals surface area contributed by atoms with Crippen LogP contribution in [0.4, 0.5) is 4.79 Å². The molecule has 168 valence electrons. The van der Waals surface area contributed by atoms with E-state index in [0.717, 1.165) is 6.26 Å². The molecule has 3 N–H and O–H groups in total. The lowest BCUT2D eigenvalue weighted by Gasteiger charge is -2.32. The Bertz CT molecular complexity index is 731. The van der Waals surface area contributed by atoms with Gasteiger partial charge in [0.15, 0.2) is 0 Å². The number of rotatable bonds is 7. The Kier molecular flexibility index (Phi) is 6.80. The minimum Gasteiger partial charge on any atom is -0.464 e. The number of carbonyl (C=O) groups is 4. The molecule has 0 radical (unpaired) electrons. The van der Waals surface area contributed by atoms with Crippen LogP contribution in [0.25, 0.3) is 0 Å². The highest BCUT2D eigenvalue weighted by atomic mass is 16.6. The van der Waals surface area contributed by atoms with Gasteiger partial charge in [-0.15, -0.1) is 0 Å². The Labute approximate surface area is 175 Å². The Balaban J connectivity index is 2.19. The zero-order valence-electron chi connectivity index (χ0n) is 17.9. The largest absolute Gasteiger partial charge is 0.464 e. The van der Waals surface area contributed by atoms with E-state index in [-0.39, 0.29) is 13.0 Å². The summed E-state index contributed by atoms with van der Waals surface area (Å²) < 4.78 is 15.1. The van der Waals surface area contributed by atoms with E-state index in [1.807, 2.05) is 0 Å². The first-order valence-corrected chi connectivity index (χ1v) is 9.86. The van der Waals surface area contributed by atoms with E-state index in [1.54, 1.807) is 27.7 Å². The molecule has 2 rings (SSSR count). The van der Waals surface area contributed by atoms with Gasteiger partial charge in [0, 0.05) is 18.3 Å². The molecule has 0 aliphatic heterocycles. The molecule has 10 nitrogen and oxygen atoms in total. The molecule has 10 heteroatoms. The topological polar surface area (TPSA) is 140 Å². The van der Waals surface area contributed by atoms with Crippen LogP contribution in [-0.2, 0) is 28.6 Å². The van der Waals surface area contributed by atoms with Crippen molar-refractivity contribution in [1.82, 2.24) is 10.6 Å². The van der Waals surface area contributed by atoms with Crippen molar-refractivity contribution in [2.75, 3.05) is 6.61 Å². The van der Waals surface area contributed by atoms with Crippen LogP contribution >= 0.6 is 0 Å². The first-order chi connectivity index (χ1) is 13.9. The first-order valence-electron chi connectivity index (χ1n) is 9.86. The molecule has 0 aromatic carbocycles. The Morgan fingerprint density at radius 1 is 1.30 bits per heavy atom. The standard InChI is InChI=1S/C20H30N2O8/c1-7-28-16(25)13-12-11(23)9-20(14(12)13,17(26)29-8-2)22-15(24)10(3)21-18(27)30-19(4,5)6/h7,10-14,23H,1,8-9H2,2-6H3,(H,21,27)(H,22,24)/t10-,11-,12-,13-,14-,20?/m0/s1. The molecule has 1 unspecified atom stereocenters. The molecule has 0 spiro atoms. The van der Waals surface area contributed by atoms with Crippen LogP contribution in [0.1, 0.15) is 41.0 Å². The van der Waals surface area contributed by atoms with E-state index >= 15 is 0 Å². The molecule has 30 heavy (non-hydrogen) atoms. The molecule has 6 atom stereocenters. The summed E-state index contributed by atoms with van der Waals surface area (Å²) in [5, 5.41) is 15.4. The normalized spacial score (nSPS) is 30.3. The molecule has 2 fully saturated rings. The predicted octanol–water partition coefficient (Wildman–Crippen LogP) is 0.631. The van der Waals surface area contributed by atoms with Gasteiger partial charge >= 0.3 is 18.0 Å². The summed E-state index contributed by atoms with van der Waals surface area (Å²) in [4.78, 5) is 49.7. The lowest BCUT2D eigenvalue weighted by atomic mass is 9.89. The number of hydrogen-bond acceptors (Lipinski definition) is 8. The highest BCUT2D eigenvalue weighted by Gasteiger charge is 2.76. The van der Waals surface area contributed by atoms with Gasteiger partial charge in [-0.1, -0.05) is 6.58 Å². The van der Waals surface area contributed by atoms with Crippen molar-refractivity contribution in [2.45, 2.75) is 64.3 Å². The summed E-state index contributed by atoms with van der Waals surface area (Å²) in [6.07, 6.45) is -0.931. The maximum Gasteiger partial charge on any atom is 0.408 e. The van der Waals surface area contributed by atoms with Crippen LogP contribution in [-0.4, -0.2) is 58.9 Å². The second kappa shape index (κ2) is 8.63. The van der Waals surface area contributed by atoms with Crippen molar-refractivity contribution in [3.63, 3.8) is 0 Å². The fourth-order valence-electron chi connectivity index (χ4n) is 4.06. The van der Waals surface area contributed by atoms with Gasteiger partial charge in [0.25, 0.3) is 0 Å². The average Bonchev–Trinajstić information content (AvgIpc) is 3.29. The van der Waals surface area contributed by atoms with E-state index < -0.39 is 65.0 Å². The number of aliphatic hydroxyl groups excluding tert-OH is 1. The van der Waals surface area contributed by atoms with Crippen LogP contribution in [0, 0.1) is 17.8 Å². The highest BCUT2D eigenvalue weighted by molar-refractivity contribution is 5.94. The van der Waals surface area contributed by atoms with E-state index in [0.29, 0.717) is 0 Å². The number of esters is 2.